The van der Waals surface area contributed by atoms with Crippen LogP contribution in [0.25, 0.3) is 11.1 Å². The molecule has 31 heavy (non-hydrogen) atoms. The van der Waals surface area contributed by atoms with Crippen molar-refractivity contribution in [3.63, 3.8) is 0 Å². The van der Waals surface area contributed by atoms with Gasteiger partial charge >= 0.3 is 18.0 Å². The summed E-state index contributed by atoms with van der Waals surface area (Å²) in [7, 11) is 0. The number of benzene rings is 2. The molecule has 164 valence electrons. The van der Waals surface area contributed by atoms with Crippen LogP contribution in [0.1, 0.15) is 50.7 Å². The summed E-state index contributed by atoms with van der Waals surface area (Å²) in [5.74, 6) is -3.43. The van der Waals surface area contributed by atoms with Gasteiger partial charge in [-0.05, 0) is 49.4 Å². The van der Waals surface area contributed by atoms with Crippen LogP contribution in [0.3, 0.4) is 0 Å². The van der Waals surface area contributed by atoms with Gasteiger partial charge in [-0.25, -0.2) is 9.59 Å². The fraction of sp³-hybridized carbons (Fsp3) is 0.375. The van der Waals surface area contributed by atoms with Crippen LogP contribution in [0.2, 0.25) is 0 Å². The highest BCUT2D eigenvalue weighted by Gasteiger charge is 2.37. The Labute approximate surface area is 181 Å². The third-order valence-corrected chi connectivity index (χ3v) is 5.35. The molecule has 1 aliphatic rings. The van der Waals surface area contributed by atoms with E-state index in [1.807, 2.05) is 48.5 Å². The Bertz CT molecular complexity index is 948. The molecule has 1 amide bonds. The summed E-state index contributed by atoms with van der Waals surface area (Å²) in [5, 5.41) is 21.6. The van der Waals surface area contributed by atoms with Crippen molar-refractivity contribution in [1.82, 2.24) is 5.32 Å². The Kier molecular flexibility index (Phi) is 6.34. The lowest BCUT2D eigenvalue weighted by Crippen LogP contribution is -2.48. The van der Waals surface area contributed by atoms with Crippen molar-refractivity contribution in [2.24, 2.45) is 5.92 Å². The number of hydrogen-bond donors (Lipinski definition) is 3. The minimum atomic E-state index is -1.40. The molecule has 0 aromatic heterocycles. The molecule has 3 rings (SSSR count). The molecule has 0 heterocycles. The topological polar surface area (TPSA) is 113 Å². The molecule has 3 N–H and O–H groups in total. The molecule has 0 fully saturated rings. The Morgan fingerprint density at radius 1 is 0.968 bits per heavy atom. The first-order chi connectivity index (χ1) is 14.6. The zero-order valence-corrected chi connectivity index (χ0v) is 17.8. The highest BCUT2D eigenvalue weighted by molar-refractivity contribution is 5.82. The van der Waals surface area contributed by atoms with Gasteiger partial charge in [0.15, 0.2) is 0 Å². The summed E-state index contributed by atoms with van der Waals surface area (Å²) < 4.78 is 5.20. The first-order valence-electron chi connectivity index (χ1n) is 10.2. The molecular weight excluding hydrogens is 398 g/mol. The van der Waals surface area contributed by atoms with Crippen molar-refractivity contribution in [1.29, 1.82) is 0 Å². The van der Waals surface area contributed by atoms with Crippen molar-refractivity contribution in [3.8, 4) is 11.1 Å². The van der Waals surface area contributed by atoms with Gasteiger partial charge in [0.2, 0.25) is 0 Å². The van der Waals surface area contributed by atoms with Crippen LogP contribution >= 0.6 is 0 Å². The number of aliphatic carboxylic acids is 2. The maximum absolute atomic E-state index is 12.3. The number of rotatable bonds is 7. The molecule has 0 spiro atoms. The molecule has 0 radical (unpaired) electrons. The predicted molar refractivity (Wildman–Crippen MR) is 115 cm³/mol. The summed E-state index contributed by atoms with van der Waals surface area (Å²) in [6, 6.07) is 14.3. The third kappa shape index (κ3) is 5.23. The lowest BCUT2D eigenvalue weighted by atomic mass is 9.82. The van der Waals surface area contributed by atoms with Gasteiger partial charge < -0.3 is 20.3 Å². The number of carboxylic acids is 2. The SMILES string of the molecule is CC(C)(C)OC(=O)N[C@@H](C(=O)O)[C@@H](CC(=O)O)CC1c2ccccc2-c2ccccc21. The summed E-state index contributed by atoms with van der Waals surface area (Å²) in [6.45, 7) is 5.01. The highest BCUT2D eigenvalue weighted by atomic mass is 16.6. The van der Waals surface area contributed by atoms with Gasteiger partial charge in [-0.15, -0.1) is 0 Å². The zero-order chi connectivity index (χ0) is 22.8. The number of hydrogen-bond acceptors (Lipinski definition) is 4. The number of nitrogens with one attached hydrogen (secondary N) is 1. The van der Waals surface area contributed by atoms with Crippen LogP contribution in [0, 0.1) is 5.92 Å². The smallest absolute Gasteiger partial charge is 0.408 e. The lowest BCUT2D eigenvalue weighted by Gasteiger charge is -2.28. The number of carbonyl (C=O) groups is 3. The third-order valence-electron chi connectivity index (χ3n) is 5.35. The molecule has 0 bridgehead atoms. The molecule has 1 aliphatic carbocycles. The molecule has 7 nitrogen and oxygen atoms in total. The Morgan fingerprint density at radius 3 is 1.94 bits per heavy atom. The largest absolute Gasteiger partial charge is 0.481 e. The molecular formula is C24H27NO6. The number of carboxylic acid groups (broad SMARTS) is 2. The van der Waals surface area contributed by atoms with E-state index in [1.165, 1.54) is 0 Å². The van der Waals surface area contributed by atoms with E-state index >= 15 is 0 Å². The summed E-state index contributed by atoms with van der Waals surface area (Å²) in [4.78, 5) is 35.9. The van der Waals surface area contributed by atoms with Crippen LogP contribution < -0.4 is 5.32 Å². The van der Waals surface area contributed by atoms with Crippen LogP contribution in [-0.4, -0.2) is 39.9 Å². The summed E-state index contributed by atoms with van der Waals surface area (Å²) in [5.41, 5.74) is 3.37. The Hall–Kier alpha value is -3.35. The minimum Gasteiger partial charge on any atom is -0.481 e. The van der Waals surface area contributed by atoms with Gasteiger partial charge in [0.25, 0.3) is 0 Å². The van der Waals surface area contributed by atoms with Crippen molar-refractivity contribution in [2.75, 3.05) is 0 Å². The number of alkyl carbamates (subject to hydrolysis) is 1. The summed E-state index contributed by atoms with van der Waals surface area (Å²) >= 11 is 0. The maximum Gasteiger partial charge on any atom is 0.408 e. The molecule has 0 saturated heterocycles. The maximum atomic E-state index is 12.3. The first kappa shape index (κ1) is 22.3. The fourth-order valence-electron chi connectivity index (χ4n) is 4.19. The van der Waals surface area contributed by atoms with Crippen LogP contribution in [0.4, 0.5) is 4.79 Å². The van der Waals surface area contributed by atoms with Gasteiger partial charge in [-0.3, -0.25) is 4.79 Å². The van der Waals surface area contributed by atoms with E-state index in [-0.39, 0.29) is 12.3 Å². The van der Waals surface area contributed by atoms with E-state index in [4.69, 9.17) is 4.74 Å². The van der Waals surface area contributed by atoms with Gasteiger partial charge in [-0.1, -0.05) is 48.5 Å². The number of ether oxygens (including phenoxy) is 1. The van der Waals surface area contributed by atoms with E-state index in [9.17, 15) is 24.6 Å². The fourth-order valence-corrected chi connectivity index (χ4v) is 4.19. The van der Waals surface area contributed by atoms with Crippen molar-refractivity contribution >= 4 is 18.0 Å². The second-order valence-corrected chi connectivity index (χ2v) is 8.78. The normalized spacial score (nSPS) is 14.8. The first-order valence-corrected chi connectivity index (χ1v) is 10.2. The van der Waals surface area contributed by atoms with Gasteiger partial charge in [0, 0.05) is 11.8 Å². The predicted octanol–water partition coefficient (Wildman–Crippen LogP) is 4.26. The second-order valence-electron chi connectivity index (χ2n) is 8.78. The van der Waals surface area contributed by atoms with E-state index < -0.39 is 42.0 Å². The average molecular weight is 425 g/mol. The second kappa shape index (κ2) is 8.79. The molecule has 0 saturated carbocycles. The van der Waals surface area contributed by atoms with Crippen LogP contribution in [0.5, 0.6) is 0 Å². The average Bonchev–Trinajstić information content (AvgIpc) is 2.98. The van der Waals surface area contributed by atoms with Gasteiger partial charge in [0.05, 0.1) is 6.42 Å². The molecule has 2 atom stereocenters. The standard InChI is InChI=1S/C24H27NO6/c1-24(2,3)31-23(30)25-21(22(28)29)14(13-20(26)27)12-19-17-10-6-4-8-15(17)16-9-5-7-11-18(16)19/h4-11,14,19,21H,12-13H2,1-3H3,(H,25,30)(H,26,27)(H,28,29)/t14-,21-/m1/s1. The van der Waals surface area contributed by atoms with E-state index in [0.29, 0.717) is 0 Å². The molecule has 0 unspecified atom stereocenters. The van der Waals surface area contributed by atoms with E-state index in [0.717, 1.165) is 22.3 Å². The van der Waals surface area contributed by atoms with Crippen LogP contribution in [-0.2, 0) is 14.3 Å². The number of fused-ring (bicyclic) bond motifs is 3. The monoisotopic (exact) mass is 425 g/mol. The van der Waals surface area contributed by atoms with E-state index in [2.05, 4.69) is 5.32 Å². The molecule has 0 aliphatic heterocycles. The van der Waals surface area contributed by atoms with Crippen molar-refractivity contribution < 1.29 is 29.3 Å². The van der Waals surface area contributed by atoms with Crippen molar-refractivity contribution in [2.45, 2.75) is 51.2 Å². The molecule has 2 aromatic carbocycles. The minimum absolute atomic E-state index is 0.168. The highest BCUT2D eigenvalue weighted by Crippen LogP contribution is 2.47. The number of carbonyl (C=O) groups excluding carboxylic acids is 1. The Balaban J connectivity index is 1.93. The van der Waals surface area contributed by atoms with Gasteiger partial charge in [-0.2, -0.15) is 0 Å². The van der Waals surface area contributed by atoms with Crippen LogP contribution in [0.15, 0.2) is 48.5 Å². The number of amides is 1. The molecule has 2 aromatic rings. The lowest BCUT2D eigenvalue weighted by molar-refractivity contribution is -0.143. The van der Waals surface area contributed by atoms with Gasteiger partial charge in [0.1, 0.15) is 11.6 Å². The van der Waals surface area contributed by atoms with Crippen molar-refractivity contribution in [3.05, 3.63) is 59.7 Å². The quantitative estimate of drug-likeness (QED) is 0.611. The Morgan fingerprint density at radius 2 is 1.48 bits per heavy atom. The molecule has 7 heteroatoms. The van der Waals surface area contributed by atoms with E-state index in [1.54, 1.807) is 20.8 Å². The summed E-state index contributed by atoms with van der Waals surface area (Å²) in [6.07, 6.45) is -1.02. The zero-order valence-electron chi connectivity index (χ0n) is 17.8.